The molecule has 7 heterocycles. The lowest BCUT2D eigenvalue weighted by atomic mass is 9.97. The number of amidine groups is 3. The molecule has 0 aliphatic carbocycles. The summed E-state index contributed by atoms with van der Waals surface area (Å²) in [6.07, 6.45) is 3.32. The van der Waals surface area contributed by atoms with Crippen molar-refractivity contribution < 1.29 is 26.3 Å². The number of halogens is 6. The molecule has 2 fully saturated rings. The minimum atomic E-state index is -5.21. The summed E-state index contributed by atoms with van der Waals surface area (Å²) in [4.78, 5) is 35.7. The summed E-state index contributed by atoms with van der Waals surface area (Å²) in [7, 11) is 0. The molecule has 2 bridgehead atoms. The van der Waals surface area contributed by atoms with Crippen molar-refractivity contribution in [1.29, 1.82) is 0 Å². The van der Waals surface area contributed by atoms with Crippen LogP contribution in [0.25, 0.3) is 5.70 Å². The van der Waals surface area contributed by atoms with Crippen LogP contribution in [0.3, 0.4) is 0 Å². The monoisotopic (exact) mass is 901 g/mol. The number of pyridine rings is 3. The number of hydrogen-bond donors (Lipinski definition) is 2. The molecule has 2 aromatic carbocycles. The van der Waals surface area contributed by atoms with Gasteiger partial charge in [0.1, 0.15) is 34.7 Å². The molecule has 4 aliphatic heterocycles. The Bertz CT molecular complexity index is 2750. The van der Waals surface area contributed by atoms with Gasteiger partial charge in [0.25, 0.3) is 0 Å². The second-order valence-electron chi connectivity index (χ2n) is 16.4. The summed E-state index contributed by atoms with van der Waals surface area (Å²) in [6.45, 7) is 5.11. The number of dihydropyridines is 1. The van der Waals surface area contributed by atoms with Crippen LogP contribution in [0, 0.1) is 0 Å². The lowest BCUT2D eigenvalue weighted by molar-refractivity contribution is -0.150. The zero-order valence-corrected chi connectivity index (χ0v) is 36.0. The minimum absolute atomic E-state index is 0.0170. The van der Waals surface area contributed by atoms with E-state index in [4.69, 9.17) is 9.98 Å². The zero-order chi connectivity index (χ0) is 45.8. The van der Waals surface area contributed by atoms with Gasteiger partial charge in [-0.1, -0.05) is 12.1 Å². The molecule has 17 heteroatoms. The van der Waals surface area contributed by atoms with E-state index < -0.39 is 35.1 Å². The lowest BCUT2D eigenvalue weighted by Gasteiger charge is -2.30. The second-order valence-corrected chi connectivity index (χ2v) is 16.4. The van der Waals surface area contributed by atoms with Gasteiger partial charge in [-0.25, -0.2) is 34.9 Å². The first-order chi connectivity index (χ1) is 31.8. The molecular formula is C49H45F6N11. The van der Waals surface area contributed by atoms with Crippen molar-refractivity contribution >= 4 is 63.3 Å². The molecule has 0 radical (unpaired) electrons. The SMILES string of the molecule is CC1=N/C(c2ccc(N3CCCCC3)cc2Nc2ccccn2)=C\C2=CC(c3ccc(N4CCCCC4)cc3Nc3ccccn3)=NC(=NC(c3cc(C(F)(F)F)nc(C(F)(F)F)c3)=N1)C2. The molecule has 66 heavy (non-hydrogen) atoms. The summed E-state index contributed by atoms with van der Waals surface area (Å²) in [5.74, 6) is 0.829. The van der Waals surface area contributed by atoms with E-state index in [9.17, 15) is 26.3 Å². The fraction of sp³-hybridized carbons (Fsp3) is 0.286. The van der Waals surface area contributed by atoms with E-state index >= 15 is 0 Å². The Morgan fingerprint density at radius 1 is 0.561 bits per heavy atom. The Hall–Kier alpha value is -7.17. The topological polar surface area (TPSA) is 119 Å². The number of alkyl halides is 6. The maximum atomic E-state index is 14.2. The van der Waals surface area contributed by atoms with Gasteiger partial charge in [0, 0.05) is 73.1 Å². The maximum Gasteiger partial charge on any atom is 0.433 e. The summed E-state index contributed by atoms with van der Waals surface area (Å²) in [6, 6.07) is 24.1. The molecule has 0 amide bonds. The molecule has 338 valence electrons. The number of fused-ring (bicyclic) bond motifs is 2. The van der Waals surface area contributed by atoms with Gasteiger partial charge in [-0.2, -0.15) is 26.3 Å². The molecule has 3 aromatic heterocycles. The summed E-state index contributed by atoms with van der Waals surface area (Å²) in [5, 5.41) is 6.92. The van der Waals surface area contributed by atoms with E-state index in [2.05, 4.69) is 45.4 Å². The molecule has 2 N–H and O–H groups in total. The van der Waals surface area contributed by atoms with Crippen LogP contribution in [0.5, 0.6) is 0 Å². The van der Waals surface area contributed by atoms with Crippen molar-refractivity contribution in [2.24, 2.45) is 20.0 Å². The largest absolute Gasteiger partial charge is 0.433 e. The Kier molecular flexibility index (Phi) is 12.5. The van der Waals surface area contributed by atoms with E-state index in [1.807, 2.05) is 84.9 Å². The van der Waals surface area contributed by atoms with E-state index in [0.29, 0.717) is 63.3 Å². The molecular weight excluding hydrogens is 857 g/mol. The Morgan fingerprint density at radius 3 is 1.64 bits per heavy atom. The van der Waals surface area contributed by atoms with Crippen molar-refractivity contribution in [1.82, 2.24) is 15.0 Å². The normalized spacial score (nSPS) is 17.9. The van der Waals surface area contributed by atoms with Crippen LogP contribution in [0.15, 0.2) is 135 Å². The van der Waals surface area contributed by atoms with E-state index in [-0.39, 0.29) is 18.1 Å². The van der Waals surface area contributed by atoms with Crippen LogP contribution < -0.4 is 20.4 Å². The van der Waals surface area contributed by atoms with Gasteiger partial charge in [-0.15, -0.1) is 0 Å². The second kappa shape index (κ2) is 18.7. The minimum Gasteiger partial charge on any atom is -0.371 e. The van der Waals surface area contributed by atoms with Gasteiger partial charge < -0.3 is 20.4 Å². The summed E-state index contributed by atoms with van der Waals surface area (Å²) in [5.41, 5.74) is 2.14. The first-order valence-electron chi connectivity index (χ1n) is 21.9. The first-order valence-corrected chi connectivity index (χ1v) is 21.9. The van der Waals surface area contributed by atoms with Gasteiger partial charge in [0.05, 0.1) is 22.8 Å². The van der Waals surface area contributed by atoms with Gasteiger partial charge >= 0.3 is 12.4 Å². The molecule has 9 rings (SSSR count). The van der Waals surface area contributed by atoms with Crippen molar-refractivity contribution in [3.05, 3.63) is 143 Å². The maximum absolute atomic E-state index is 14.2. The number of hydrogen-bond acceptors (Lipinski definition) is 11. The number of nitrogens with one attached hydrogen (secondary N) is 2. The van der Waals surface area contributed by atoms with Gasteiger partial charge in [-0.05, 0) is 136 Å². The Balaban J connectivity index is 1.24. The molecule has 5 aromatic rings. The number of allylic oxidation sites excluding steroid dienone is 2. The van der Waals surface area contributed by atoms with E-state index in [1.54, 1.807) is 12.4 Å². The molecule has 0 saturated carbocycles. The highest BCUT2D eigenvalue weighted by molar-refractivity contribution is 6.22. The Morgan fingerprint density at radius 2 is 1.11 bits per heavy atom. The highest BCUT2D eigenvalue weighted by Crippen LogP contribution is 2.38. The number of anilines is 6. The average molecular weight is 902 g/mol. The first kappa shape index (κ1) is 44.1. The van der Waals surface area contributed by atoms with Crippen LogP contribution in [-0.4, -0.2) is 64.3 Å². The van der Waals surface area contributed by atoms with Gasteiger partial charge in [-0.3, -0.25) is 0 Å². The molecule has 0 unspecified atom stereocenters. The number of aromatic nitrogens is 3. The predicted molar refractivity (Wildman–Crippen MR) is 249 cm³/mol. The molecule has 4 aliphatic rings. The van der Waals surface area contributed by atoms with Crippen molar-refractivity contribution in [3.8, 4) is 0 Å². The predicted octanol–water partition coefficient (Wildman–Crippen LogP) is 11.8. The molecule has 2 saturated heterocycles. The molecule has 0 atom stereocenters. The van der Waals surface area contributed by atoms with Crippen molar-refractivity contribution in [2.45, 2.75) is 64.2 Å². The lowest BCUT2D eigenvalue weighted by Crippen LogP contribution is -2.29. The van der Waals surface area contributed by atoms with Crippen molar-refractivity contribution in [3.63, 3.8) is 0 Å². The summed E-state index contributed by atoms with van der Waals surface area (Å²) >= 11 is 0. The number of piperidine rings is 2. The third-order valence-corrected chi connectivity index (χ3v) is 11.6. The third kappa shape index (κ3) is 10.3. The van der Waals surface area contributed by atoms with Crippen LogP contribution >= 0.6 is 0 Å². The Labute approximate surface area is 377 Å². The zero-order valence-electron chi connectivity index (χ0n) is 36.0. The molecule has 11 nitrogen and oxygen atoms in total. The number of aliphatic imine (C=N–C) groups is 4. The number of nitrogens with zero attached hydrogens (tertiary/aromatic N) is 9. The van der Waals surface area contributed by atoms with Crippen LogP contribution in [0.1, 0.15) is 79.9 Å². The van der Waals surface area contributed by atoms with Crippen LogP contribution in [0.2, 0.25) is 0 Å². The van der Waals surface area contributed by atoms with Crippen molar-refractivity contribution in [2.75, 3.05) is 46.6 Å². The fourth-order valence-corrected chi connectivity index (χ4v) is 8.41. The average Bonchev–Trinajstić information content (AvgIpc) is 3.31. The molecule has 0 spiro atoms. The highest BCUT2D eigenvalue weighted by atomic mass is 19.4. The van der Waals surface area contributed by atoms with Gasteiger partial charge in [0.2, 0.25) is 0 Å². The van der Waals surface area contributed by atoms with Gasteiger partial charge in [0.15, 0.2) is 5.84 Å². The number of benzene rings is 2. The number of rotatable bonds is 9. The fourth-order valence-electron chi connectivity index (χ4n) is 8.41. The standard InChI is InChI=1S/C49H45F6N11/c1-31-58-38(36-16-14-34(65-20-8-2-9-21-65)29-40(36)60-44-12-4-6-18-56-44)24-32-25-39(37-17-15-35(66-22-10-3-11-23-66)30-41(37)61-45-13-5-7-19-57-45)62-46(26-32)64-47(59-31)33-27-42(48(50,51)52)63-43(28-33)49(53,54)55/h4-7,12-19,24-25,27-30H,2-3,8-11,20-23,26H2,1H3,(H,56,60)(H,57,61)/b32-24?,38-24-,58-31?,58-38?,59-31?,59-47?,64-46?,64-47?. The smallest absolute Gasteiger partial charge is 0.371 e. The van der Waals surface area contributed by atoms with E-state index in [1.165, 1.54) is 6.92 Å². The summed E-state index contributed by atoms with van der Waals surface area (Å²) < 4.78 is 85.3. The quantitative estimate of drug-likeness (QED) is 0.141. The van der Waals surface area contributed by atoms with E-state index in [0.717, 1.165) is 76.1 Å². The van der Waals surface area contributed by atoms with Crippen LogP contribution in [0.4, 0.5) is 60.7 Å². The third-order valence-electron chi connectivity index (χ3n) is 11.6. The highest BCUT2D eigenvalue weighted by Gasteiger charge is 2.39. The van der Waals surface area contributed by atoms with Crippen LogP contribution in [-0.2, 0) is 12.4 Å².